The topological polar surface area (TPSA) is 6.48 Å². The Morgan fingerprint density at radius 2 is 0.811 bits per heavy atom. The fourth-order valence-electron chi connectivity index (χ4n) is 5.81. The Labute approximate surface area is 232 Å². The molecule has 1 heterocycles. The number of unbranched alkanes of at least 4 members (excludes halogenated alkanes) is 19. The lowest BCUT2D eigenvalue weighted by molar-refractivity contribution is 0.148. The van der Waals surface area contributed by atoms with Crippen molar-refractivity contribution in [2.45, 2.75) is 161 Å². The highest BCUT2D eigenvalue weighted by molar-refractivity contribution is 5.17. The first kappa shape index (κ1) is 31.8. The van der Waals surface area contributed by atoms with Gasteiger partial charge in [0.05, 0.1) is 0 Å². The molecule has 2 rings (SSSR count). The Balaban J connectivity index is 1.52. The van der Waals surface area contributed by atoms with Crippen LogP contribution in [0.3, 0.4) is 0 Å². The summed E-state index contributed by atoms with van der Waals surface area (Å²) in [6, 6.07) is 11.1. The molecule has 0 bridgehead atoms. The number of nitrogens with zero attached hydrogens (tertiary/aromatic N) is 2. The monoisotopic (exact) mass is 510 g/mol. The van der Waals surface area contributed by atoms with Crippen molar-refractivity contribution in [2.75, 3.05) is 13.1 Å². The predicted molar refractivity (Wildman–Crippen MR) is 165 cm³/mol. The van der Waals surface area contributed by atoms with E-state index in [2.05, 4.69) is 66.4 Å². The van der Waals surface area contributed by atoms with E-state index in [1.54, 1.807) is 0 Å². The van der Waals surface area contributed by atoms with Crippen LogP contribution in [0.4, 0.5) is 0 Å². The van der Waals surface area contributed by atoms with Crippen LogP contribution in [-0.4, -0.2) is 29.1 Å². The molecular weight excluding hydrogens is 448 g/mol. The van der Waals surface area contributed by atoms with Crippen molar-refractivity contribution < 1.29 is 0 Å². The van der Waals surface area contributed by atoms with E-state index in [0.29, 0.717) is 6.17 Å². The maximum absolute atomic E-state index is 2.63. The van der Waals surface area contributed by atoms with Crippen LogP contribution in [0.2, 0.25) is 0 Å². The van der Waals surface area contributed by atoms with Gasteiger partial charge in [0.25, 0.3) is 0 Å². The SMILES string of the molecule is CCCCCCCCCCCCCCCCCCN1C=CN(CCCCCCC)C1Cc1ccccc1. The van der Waals surface area contributed by atoms with Crippen molar-refractivity contribution >= 4 is 0 Å². The van der Waals surface area contributed by atoms with Crippen LogP contribution in [0.25, 0.3) is 0 Å². The van der Waals surface area contributed by atoms with Crippen LogP contribution >= 0.6 is 0 Å². The summed E-state index contributed by atoms with van der Waals surface area (Å²) >= 11 is 0. The fourth-order valence-corrected chi connectivity index (χ4v) is 5.81. The van der Waals surface area contributed by atoms with Crippen molar-refractivity contribution in [1.29, 1.82) is 0 Å². The highest BCUT2D eigenvalue weighted by Crippen LogP contribution is 2.22. The van der Waals surface area contributed by atoms with Gasteiger partial charge in [0, 0.05) is 31.9 Å². The van der Waals surface area contributed by atoms with Gasteiger partial charge in [0.2, 0.25) is 0 Å². The highest BCUT2D eigenvalue weighted by Gasteiger charge is 2.25. The van der Waals surface area contributed by atoms with E-state index in [1.807, 2.05) is 0 Å². The van der Waals surface area contributed by atoms with E-state index < -0.39 is 0 Å². The normalized spacial score (nSPS) is 15.2. The molecule has 1 unspecified atom stereocenters. The van der Waals surface area contributed by atoms with Gasteiger partial charge in [-0.15, -0.1) is 0 Å². The van der Waals surface area contributed by atoms with Gasteiger partial charge in [-0.05, 0) is 18.4 Å². The second-order valence-corrected chi connectivity index (χ2v) is 11.7. The molecule has 2 heteroatoms. The third kappa shape index (κ3) is 15.5. The van der Waals surface area contributed by atoms with Gasteiger partial charge in [-0.1, -0.05) is 166 Å². The van der Waals surface area contributed by atoms with E-state index >= 15 is 0 Å². The molecule has 0 saturated heterocycles. The van der Waals surface area contributed by atoms with Gasteiger partial charge >= 0.3 is 0 Å². The summed E-state index contributed by atoms with van der Waals surface area (Å²) in [5.74, 6) is 0. The number of benzene rings is 1. The summed E-state index contributed by atoms with van der Waals surface area (Å²) in [4.78, 5) is 5.24. The van der Waals surface area contributed by atoms with Crippen LogP contribution in [0, 0.1) is 0 Å². The van der Waals surface area contributed by atoms with Crippen LogP contribution in [0.1, 0.15) is 154 Å². The van der Waals surface area contributed by atoms with Crippen molar-refractivity contribution in [2.24, 2.45) is 0 Å². The molecule has 1 aliphatic heterocycles. The molecule has 212 valence electrons. The average molecular weight is 511 g/mol. The second kappa shape index (κ2) is 22.5. The Bertz CT molecular complexity index is 640. The molecule has 0 aromatic heterocycles. The lowest BCUT2D eigenvalue weighted by Crippen LogP contribution is -2.41. The first-order valence-corrected chi connectivity index (χ1v) is 16.6. The minimum Gasteiger partial charge on any atom is -0.356 e. The maximum atomic E-state index is 2.63. The molecule has 0 aliphatic carbocycles. The highest BCUT2D eigenvalue weighted by atomic mass is 15.4. The Morgan fingerprint density at radius 3 is 1.19 bits per heavy atom. The van der Waals surface area contributed by atoms with E-state index in [0.717, 1.165) is 6.42 Å². The molecule has 0 spiro atoms. The summed E-state index contributed by atoms with van der Waals surface area (Å²) in [7, 11) is 0. The molecule has 0 amide bonds. The zero-order valence-corrected chi connectivity index (χ0v) is 25.0. The average Bonchev–Trinajstić information content (AvgIpc) is 3.29. The maximum Gasteiger partial charge on any atom is 0.105 e. The number of hydrogen-bond donors (Lipinski definition) is 0. The summed E-state index contributed by atoms with van der Waals surface area (Å²) in [6.45, 7) is 7.01. The van der Waals surface area contributed by atoms with Crippen LogP contribution in [0.5, 0.6) is 0 Å². The van der Waals surface area contributed by atoms with E-state index in [1.165, 1.54) is 153 Å². The fraction of sp³-hybridized carbons (Fsp3) is 0.771. The van der Waals surface area contributed by atoms with Gasteiger partial charge in [-0.2, -0.15) is 0 Å². The van der Waals surface area contributed by atoms with Gasteiger partial charge in [0.15, 0.2) is 0 Å². The predicted octanol–water partition coefficient (Wildman–Crippen LogP) is 10.9. The van der Waals surface area contributed by atoms with Crippen molar-refractivity contribution in [3.63, 3.8) is 0 Å². The van der Waals surface area contributed by atoms with Crippen molar-refractivity contribution in [3.8, 4) is 0 Å². The molecule has 0 radical (unpaired) electrons. The van der Waals surface area contributed by atoms with Gasteiger partial charge < -0.3 is 9.80 Å². The van der Waals surface area contributed by atoms with E-state index in [-0.39, 0.29) is 0 Å². The molecule has 0 fully saturated rings. The lowest BCUT2D eigenvalue weighted by Gasteiger charge is -2.33. The molecular formula is C35H62N2. The molecule has 0 N–H and O–H groups in total. The van der Waals surface area contributed by atoms with Crippen molar-refractivity contribution in [1.82, 2.24) is 9.80 Å². The van der Waals surface area contributed by atoms with Gasteiger partial charge in [-0.3, -0.25) is 0 Å². The Kier molecular flexibility index (Phi) is 19.4. The van der Waals surface area contributed by atoms with Gasteiger partial charge in [0.1, 0.15) is 6.17 Å². The third-order valence-electron chi connectivity index (χ3n) is 8.27. The first-order valence-electron chi connectivity index (χ1n) is 16.6. The largest absolute Gasteiger partial charge is 0.356 e. The van der Waals surface area contributed by atoms with E-state index in [4.69, 9.17) is 0 Å². The molecule has 0 saturated carbocycles. The van der Waals surface area contributed by atoms with E-state index in [9.17, 15) is 0 Å². The molecule has 1 aliphatic rings. The second-order valence-electron chi connectivity index (χ2n) is 11.7. The minimum absolute atomic E-state index is 0.505. The molecule has 2 nitrogen and oxygen atoms in total. The Hall–Kier alpha value is -1.44. The minimum atomic E-state index is 0.505. The quantitative estimate of drug-likeness (QED) is 0.121. The lowest BCUT2D eigenvalue weighted by atomic mass is 10.0. The van der Waals surface area contributed by atoms with Crippen LogP contribution in [-0.2, 0) is 6.42 Å². The summed E-state index contributed by atoms with van der Waals surface area (Å²) in [5.41, 5.74) is 1.46. The molecule has 1 aromatic carbocycles. The van der Waals surface area contributed by atoms with Gasteiger partial charge in [-0.25, -0.2) is 0 Å². The summed E-state index contributed by atoms with van der Waals surface area (Å²) in [5, 5.41) is 0. The smallest absolute Gasteiger partial charge is 0.105 e. The molecule has 1 atom stereocenters. The van der Waals surface area contributed by atoms with Crippen LogP contribution in [0.15, 0.2) is 42.7 Å². The number of rotatable bonds is 25. The standard InChI is InChI=1S/C35H62N2/c1-3-5-7-9-10-11-12-13-14-15-16-17-18-19-21-26-30-37-32-31-36(29-25-20-8-6-4-2)35(37)33-34-27-23-22-24-28-34/h22-24,27-28,31-32,35H,3-21,25-26,29-30,33H2,1-2H3. The van der Waals surface area contributed by atoms with Crippen molar-refractivity contribution in [3.05, 3.63) is 48.3 Å². The zero-order valence-electron chi connectivity index (χ0n) is 25.0. The summed E-state index contributed by atoms with van der Waals surface area (Å²) < 4.78 is 0. The molecule has 1 aromatic rings. The van der Waals surface area contributed by atoms with Crippen LogP contribution < -0.4 is 0 Å². The summed E-state index contributed by atoms with van der Waals surface area (Å²) in [6.07, 6.45) is 36.2. The molecule has 37 heavy (non-hydrogen) atoms. The number of hydrogen-bond acceptors (Lipinski definition) is 2. The zero-order chi connectivity index (χ0) is 26.2. The first-order chi connectivity index (χ1) is 18.3. The Morgan fingerprint density at radius 1 is 0.459 bits per heavy atom. The third-order valence-corrected chi connectivity index (χ3v) is 8.27.